The number of aromatic amines is 2. The summed E-state index contributed by atoms with van der Waals surface area (Å²) in [6.07, 6.45) is 0.0102. The van der Waals surface area contributed by atoms with Crippen molar-refractivity contribution in [2.45, 2.75) is 6.42 Å². The summed E-state index contributed by atoms with van der Waals surface area (Å²) in [6.45, 7) is 0. The molecule has 0 amide bonds. The first-order valence-electron chi connectivity index (χ1n) is 7.62. The molecule has 3 N–H and O–H groups in total. The molecule has 6 nitrogen and oxygen atoms in total. The van der Waals surface area contributed by atoms with Gasteiger partial charge in [0.2, 0.25) is 0 Å². The number of hydrogen-bond acceptors (Lipinski definition) is 4. The molecule has 124 valence electrons. The summed E-state index contributed by atoms with van der Waals surface area (Å²) in [4.78, 5) is 19.9. The maximum absolute atomic E-state index is 12.5. The molecular weight excluding hydrogens is 340 g/mol. The number of ketones is 1. The lowest BCUT2D eigenvalue weighted by Crippen LogP contribution is -2.05. The molecule has 2 heterocycles. The number of aromatic nitrogens is 4. The Balaban J connectivity index is 1.61. The minimum absolute atomic E-state index is 0.0102. The van der Waals surface area contributed by atoms with E-state index < -0.39 is 0 Å². The number of hydrogen-bond donors (Lipinski definition) is 3. The Morgan fingerprint density at radius 1 is 1.16 bits per heavy atom. The van der Waals surface area contributed by atoms with Crippen molar-refractivity contribution in [3.8, 4) is 17.0 Å². The summed E-state index contributed by atoms with van der Waals surface area (Å²) in [5.41, 5.74) is 2.63. The molecule has 4 aromatic rings. The van der Waals surface area contributed by atoms with Crippen molar-refractivity contribution in [3.05, 3.63) is 65.1 Å². The van der Waals surface area contributed by atoms with E-state index in [1.54, 1.807) is 18.2 Å². The van der Waals surface area contributed by atoms with E-state index in [2.05, 4.69) is 20.2 Å². The highest BCUT2D eigenvalue weighted by Crippen LogP contribution is 2.30. The van der Waals surface area contributed by atoms with Gasteiger partial charge in [0.1, 0.15) is 17.2 Å². The van der Waals surface area contributed by atoms with Crippen LogP contribution in [-0.2, 0) is 6.42 Å². The number of aromatic hydroxyl groups is 1. The predicted octanol–water partition coefficient (Wildman–Crippen LogP) is 3.74. The topological polar surface area (TPSA) is 94.7 Å². The Kier molecular flexibility index (Phi) is 3.74. The summed E-state index contributed by atoms with van der Waals surface area (Å²) in [5, 5.41) is 17.6. The van der Waals surface area contributed by atoms with Gasteiger partial charge in [-0.2, -0.15) is 5.10 Å². The molecule has 0 radical (unpaired) electrons. The summed E-state index contributed by atoms with van der Waals surface area (Å²) < 4.78 is 0. The third-order valence-electron chi connectivity index (χ3n) is 3.89. The van der Waals surface area contributed by atoms with Gasteiger partial charge in [-0.1, -0.05) is 41.9 Å². The Bertz CT molecular complexity index is 1070. The van der Waals surface area contributed by atoms with Crippen LogP contribution < -0.4 is 0 Å². The molecule has 0 aliphatic carbocycles. The average molecular weight is 353 g/mol. The molecule has 0 aliphatic rings. The smallest absolute Gasteiger partial charge is 0.191 e. The minimum atomic E-state index is -0.308. The van der Waals surface area contributed by atoms with E-state index in [4.69, 9.17) is 11.6 Å². The van der Waals surface area contributed by atoms with Gasteiger partial charge < -0.3 is 10.1 Å². The van der Waals surface area contributed by atoms with Crippen LogP contribution in [0.3, 0.4) is 0 Å². The van der Waals surface area contributed by atoms with Gasteiger partial charge in [-0.3, -0.25) is 9.89 Å². The first-order chi connectivity index (χ1) is 12.1. The number of H-pyrrole nitrogens is 2. The Morgan fingerprint density at radius 3 is 2.76 bits per heavy atom. The number of nitrogens with zero attached hydrogens (tertiary/aromatic N) is 2. The zero-order valence-electron chi connectivity index (χ0n) is 13.0. The van der Waals surface area contributed by atoms with E-state index in [1.807, 2.05) is 30.3 Å². The molecule has 4 rings (SSSR count). The largest absolute Gasteiger partial charge is 0.504 e. The number of halogens is 1. The normalized spacial score (nSPS) is 11.1. The molecule has 0 atom stereocenters. The van der Waals surface area contributed by atoms with Gasteiger partial charge in [0, 0.05) is 10.6 Å². The number of imidazole rings is 1. The van der Waals surface area contributed by atoms with E-state index in [9.17, 15) is 9.90 Å². The van der Waals surface area contributed by atoms with Crippen molar-refractivity contribution in [3.63, 3.8) is 0 Å². The Morgan fingerprint density at radius 2 is 1.96 bits per heavy atom. The quantitative estimate of drug-likeness (QED) is 0.488. The van der Waals surface area contributed by atoms with E-state index >= 15 is 0 Å². The van der Waals surface area contributed by atoms with Gasteiger partial charge in [0.25, 0.3) is 0 Å². The number of carbonyl (C=O) groups excluding carboxylic acids is 1. The van der Waals surface area contributed by atoms with Crippen LogP contribution in [0.4, 0.5) is 0 Å². The van der Waals surface area contributed by atoms with E-state index in [1.165, 1.54) is 0 Å². The van der Waals surface area contributed by atoms with Crippen LogP contribution in [0.1, 0.15) is 16.3 Å². The van der Waals surface area contributed by atoms with Crippen molar-refractivity contribution >= 4 is 28.4 Å². The van der Waals surface area contributed by atoms with Crippen LogP contribution in [0.5, 0.6) is 5.75 Å². The summed E-state index contributed by atoms with van der Waals surface area (Å²) in [7, 11) is 0. The third-order valence-corrected chi connectivity index (χ3v) is 4.12. The average Bonchev–Trinajstić information content (AvgIpc) is 3.18. The maximum Gasteiger partial charge on any atom is 0.191 e. The molecule has 0 bridgehead atoms. The number of fused-ring (bicyclic) bond motifs is 1. The predicted molar refractivity (Wildman–Crippen MR) is 94.8 cm³/mol. The first kappa shape index (κ1) is 15.4. The fraction of sp³-hybridized carbons (Fsp3) is 0.0556. The highest BCUT2D eigenvalue weighted by molar-refractivity contribution is 6.31. The van der Waals surface area contributed by atoms with Crippen molar-refractivity contribution in [1.82, 2.24) is 20.2 Å². The number of rotatable bonds is 4. The van der Waals surface area contributed by atoms with E-state index in [-0.39, 0.29) is 23.6 Å². The molecule has 0 spiro atoms. The zero-order valence-corrected chi connectivity index (χ0v) is 13.7. The number of nitrogens with one attached hydrogen (secondary N) is 2. The molecule has 0 fully saturated rings. The first-order valence-corrected chi connectivity index (χ1v) is 7.99. The fourth-order valence-electron chi connectivity index (χ4n) is 2.69. The molecule has 25 heavy (non-hydrogen) atoms. The van der Waals surface area contributed by atoms with Gasteiger partial charge in [-0.25, -0.2) is 4.98 Å². The second kappa shape index (κ2) is 6.07. The maximum atomic E-state index is 12.5. The van der Waals surface area contributed by atoms with Gasteiger partial charge in [-0.05, 0) is 18.2 Å². The van der Waals surface area contributed by atoms with Crippen LogP contribution in [-0.4, -0.2) is 31.1 Å². The van der Waals surface area contributed by atoms with Gasteiger partial charge in [0.05, 0.1) is 17.5 Å². The van der Waals surface area contributed by atoms with Crippen LogP contribution in [0.2, 0.25) is 5.02 Å². The van der Waals surface area contributed by atoms with Gasteiger partial charge in [-0.15, -0.1) is 0 Å². The monoisotopic (exact) mass is 352 g/mol. The molecule has 2 aromatic heterocycles. The number of benzene rings is 2. The lowest BCUT2D eigenvalue weighted by atomic mass is 10.1. The molecule has 2 aromatic carbocycles. The van der Waals surface area contributed by atoms with Crippen LogP contribution in [0.15, 0.2) is 48.5 Å². The molecule has 0 unspecified atom stereocenters. The SMILES string of the molecule is O=C(Cc1nc2ccc(Cl)cc2[nH]1)c1[nH]nc(-c2ccccc2)c1O. The van der Waals surface area contributed by atoms with Crippen molar-refractivity contribution in [1.29, 1.82) is 0 Å². The standard InChI is InChI=1S/C18H13ClN4O2/c19-11-6-7-12-13(8-11)21-15(20-12)9-14(24)17-18(25)16(22-23-17)10-4-2-1-3-5-10/h1-8,25H,9H2,(H,20,21)(H,22,23). The summed E-state index contributed by atoms with van der Waals surface area (Å²) in [6, 6.07) is 14.4. The minimum Gasteiger partial charge on any atom is -0.504 e. The fourth-order valence-corrected chi connectivity index (χ4v) is 2.86. The second-order valence-electron chi connectivity index (χ2n) is 5.61. The molecule has 7 heteroatoms. The second-order valence-corrected chi connectivity index (χ2v) is 6.04. The van der Waals surface area contributed by atoms with E-state index in [0.717, 1.165) is 16.6 Å². The zero-order chi connectivity index (χ0) is 17.4. The Hall–Kier alpha value is -3.12. The van der Waals surface area contributed by atoms with Gasteiger partial charge >= 0.3 is 0 Å². The van der Waals surface area contributed by atoms with Crippen molar-refractivity contribution in [2.75, 3.05) is 0 Å². The lowest BCUT2D eigenvalue weighted by Gasteiger charge is -1.98. The summed E-state index contributed by atoms with van der Waals surface area (Å²) in [5.74, 6) is 0.0326. The molecule has 0 aliphatic heterocycles. The van der Waals surface area contributed by atoms with Gasteiger partial charge in [0.15, 0.2) is 11.5 Å². The number of Topliss-reactive ketones (excluding diaryl/α,β-unsaturated/α-hetero) is 1. The highest BCUT2D eigenvalue weighted by Gasteiger charge is 2.21. The Labute approximate surface area is 147 Å². The number of carbonyl (C=O) groups is 1. The van der Waals surface area contributed by atoms with E-state index in [0.29, 0.717) is 16.5 Å². The van der Waals surface area contributed by atoms with Crippen molar-refractivity contribution in [2.24, 2.45) is 0 Å². The van der Waals surface area contributed by atoms with Crippen LogP contribution in [0.25, 0.3) is 22.3 Å². The third kappa shape index (κ3) is 2.88. The highest BCUT2D eigenvalue weighted by atomic mass is 35.5. The van der Waals surface area contributed by atoms with Crippen molar-refractivity contribution < 1.29 is 9.90 Å². The summed E-state index contributed by atoms with van der Waals surface area (Å²) >= 11 is 5.95. The van der Waals surface area contributed by atoms with Crippen LogP contribution in [0, 0.1) is 0 Å². The molecular formula is C18H13ClN4O2. The molecule has 0 saturated heterocycles. The lowest BCUT2D eigenvalue weighted by molar-refractivity contribution is 0.0984. The van der Waals surface area contributed by atoms with Crippen LogP contribution >= 0.6 is 11.6 Å². The molecule has 0 saturated carbocycles.